The van der Waals surface area contributed by atoms with Crippen LogP contribution in [0.25, 0.3) is 0 Å². The van der Waals surface area contributed by atoms with Crippen LogP contribution in [0.2, 0.25) is 0 Å². The number of carbonyl (C=O) groups is 5. The minimum Gasteiger partial charge on any atom is -0.481 e. The number of nitrogens with one attached hydrogen (secondary N) is 1. The van der Waals surface area contributed by atoms with Crippen molar-refractivity contribution in [3.05, 3.63) is 0 Å². The predicted octanol–water partition coefficient (Wildman–Crippen LogP) is 16.5. The van der Waals surface area contributed by atoms with Crippen molar-refractivity contribution in [2.75, 3.05) is 0 Å². The summed E-state index contributed by atoms with van der Waals surface area (Å²) in [6.45, 7) is 36.0. The molecule has 1 amide bonds. The zero-order valence-corrected chi connectivity index (χ0v) is 54.5. The molecule has 15 aliphatic rings. The van der Waals surface area contributed by atoms with E-state index in [9.17, 15) is 29.1 Å². The Kier molecular flexibility index (Phi) is 17.0. The number of esters is 3. The van der Waals surface area contributed by atoms with Gasteiger partial charge in [-0.15, -0.1) is 0 Å². The molecule has 11 atom stereocenters. The predicted molar refractivity (Wildman–Crippen MR) is 320 cm³/mol. The summed E-state index contributed by atoms with van der Waals surface area (Å²) in [7, 11) is 0. The fourth-order valence-electron chi connectivity index (χ4n) is 20.9. The molecule has 0 spiro atoms. The molecule has 81 heavy (non-hydrogen) atoms. The number of hydrogen-bond donors (Lipinski definition) is 2. The SMILES string of the molecule is CCC(C)(C)C(=O)NC12CC3CC(CC(C3)C1)C2.CCC(C)(C)C(=O)OC(C)C12CC3CC(CC1C3)C2.CCC(C)(C)C(=O)OC1(C)CCC2C(C3C(C)CCC31)C2(C)C.CCC(C)(C)C(=O)OC12CC3CC(C1)CC(C(=O)O)(C3)C2. The summed E-state index contributed by atoms with van der Waals surface area (Å²) in [5, 5.41) is 13.2. The Morgan fingerprint density at radius 1 is 0.556 bits per heavy atom. The average molecular weight is 1130 g/mol. The zero-order chi connectivity index (χ0) is 59.5. The van der Waals surface area contributed by atoms with Gasteiger partial charge in [0.15, 0.2) is 0 Å². The van der Waals surface area contributed by atoms with Crippen molar-refractivity contribution in [1.29, 1.82) is 0 Å². The maximum Gasteiger partial charge on any atom is 0.312 e. The maximum absolute atomic E-state index is 12.7. The Hall–Kier alpha value is -2.65. The van der Waals surface area contributed by atoms with Gasteiger partial charge < -0.3 is 24.6 Å². The molecule has 2 N–H and O–H groups in total. The van der Waals surface area contributed by atoms with Gasteiger partial charge in [0.2, 0.25) is 5.91 Å². The van der Waals surface area contributed by atoms with E-state index in [4.69, 9.17) is 14.2 Å². The zero-order valence-electron chi connectivity index (χ0n) is 54.5. The van der Waals surface area contributed by atoms with Crippen molar-refractivity contribution in [2.24, 2.45) is 115 Å². The van der Waals surface area contributed by atoms with E-state index in [0.717, 1.165) is 123 Å². The molecule has 0 aliphatic heterocycles. The first kappa shape index (κ1) is 62.9. The van der Waals surface area contributed by atoms with Gasteiger partial charge in [-0.25, -0.2) is 0 Å². The van der Waals surface area contributed by atoms with Crippen LogP contribution in [0.15, 0.2) is 0 Å². The number of hydrogen-bond acceptors (Lipinski definition) is 8. The lowest BCUT2D eigenvalue weighted by atomic mass is 9.48. The van der Waals surface area contributed by atoms with Gasteiger partial charge in [0.05, 0.1) is 21.7 Å². The summed E-state index contributed by atoms with van der Waals surface area (Å²) < 4.78 is 18.2. The molecule has 0 heterocycles. The Balaban J connectivity index is 0.000000131. The third-order valence-corrected chi connectivity index (χ3v) is 26.8. The smallest absolute Gasteiger partial charge is 0.312 e. The molecule has 0 aromatic carbocycles. The molecule has 10 nitrogen and oxygen atoms in total. The standard InChI is InChI=1S/C21H36O2.C17H26O4.C17H28O2.C16H27NO/c1-8-19(3,4)18(22)23-21(7)12-11-15-17(20(15,5)6)16-13(2)9-10-14(16)21;1-4-15(2,3)14(20)21-17-8-11-5-12(9-17)7-16(6-11,10-17)13(18)19;1-5-16(3,4)15(18)19-11(2)17-9-12-6-13(10-17)8-14(17)7-12;1-4-15(2,3)14(18)17-16-8-11-5-12(9-16)7-13(6-11)10-16/h13-17H,8-12H2,1-7H3;11-12H,4-10H2,1-3H3,(H,18,19);11-14H,5-10H2,1-4H3;11-13H,4-10H2,1-3H3,(H,17,18). The molecular formula is C71H117NO9. The van der Waals surface area contributed by atoms with Crippen LogP contribution < -0.4 is 5.32 Å². The van der Waals surface area contributed by atoms with E-state index in [1.807, 2.05) is 48.5 Å². The van der Waals surface area contributed by atoms with E-state index in [0.29, 0.717) is 35.0 Å². The van der Waals surface area contributed by atoms with Gasteiger partial charge in [-0.1, -0.05) is 68.7 Å². The van der Waals surface area contributed by atoms with Crippen LogP contribution in [-0.2, 0) is 38.2 Å². The summed E-state index contributed by atoms with van der Waals surface area (Å²) in [6, 6.07) is 0. The van der Waals surface area contributed by atoms with Crippen LogP contribution in [-0.4, -0.2) is 57.7 Å². The number of ether oxygens (including phenoxy) is 3. The molecule has 10 heteroatoms. The molecule has 0 aromatic rings. The van der Waals surface area contributed by atoms with Crippen LogP contribution in [0.1, 0.15) is 278 Å². The minimum absolute atomic E-state index is 0.00287. The van der Waals surface area contributed by atoms with Crippen molar-refractivity contribution in [3.8, 4) is 0 Å². The van der Waals surface area contributed by atoms with Crippen molar-refractivity contribution >= 4 is 29.8 Å². The molecule has 15 fully saturated rings. The van der Waals surface area contributed by atoms with Crippen LogP contribution in [0.3, 0.4) is 0 Å². The number of fused-ring (bicyclic) bond motifs is 3. The van der Waals surface area contributed by atoms with Crippen molar-refractivity contribution in [1.82, 2.24) is 5.32 Å². The second-order valence-corrected chi connectivity index (χ2v) is 34.5. The number of carbonyl (C=O) groups excluding carboxylic acids is 4. The second kappa shape index (κ2) is 21.9. The second-order valence-electron chi connectivity index (χ2n) is 34.5. The summed E-state index contributed by atoms with van der Waals surface area (Å²) in [5.74, 6) is 9.48. The van der Waals surface area contributed by atoms with Crippen molar-refractivity contribution in [3.63, 3.8) is 0 Å². The number of aliphatic carboxylic acids is 1. The van der Waals surface area contributed by atoms with E-state index in [1.165, 1.54) is 89.9 Å². The molecule has 12 bridgehead atoms. The van der Waals surface area contributed by atoms with E-state index in [-0.39, 0.29) is 57.3 Å². The van der Waals surface area contributed by atoms with E-state index >= 15 is 0 Å². The molecule has 0 aromatic heterocycles. The van der Waals surface area contributed by atoms with Gasteiger partial charge in [-0.05, 0) is 279 Å². The number of amides is 1. The summed E-state index contributed by atoms with van der Waals surface area (Å²) in [5.41, 5.74) is -1.75. The fraction of sp³-hybridized carbons (Fsp3) is 0.930. The number of carboxylic acids is 1. The highest BCUT2D eigenvalue weighted by Crippen LogP contribution is 2.72. The van der Waals surface area contributed by atoms with Gasteiger partial charge in [-0.3, -0.25) is 24.0 Å². The third kappa shape index (κ3) is 11.9. The molecule has 15 aliphatic carbocycles. The molecule has 0 saturated heterocycles. The average Bonchev–Trinajstić information content (AvgIpc) is 3.01. The van der Waals surface area contributed by atoms with Crippen LogP contribution in [0.4, 0.5) is 0 Å². The molecule has 15 rings (SSSR count). The van der Waals surface area contributed by atoms with Gasteiger partial charge in [0, 0.05) is 28.7 Å². The number of carboxylic acid groups (broad SMARTS) is 1. The highest BCUT2D eigenvalue weighted by molar-refractivity contribution is 5.82. The Morgan fingerprint density at radius 3 is 1.49 bits per heavy atom. The Bertz CT molecular complexity index is 2300. The topological polar surface area (TPSA) is 145 Å². The molecule has 11 unspecified atom stereocenters. The maximum atomic E-state index is 12.7. The van der Waals surface area contributed by atoms with E-state index in [1.54, 1.807) is 0 Å². The largest absolute Gasteiger partial charge is 0.481 e. The molecular weight excluding hydrogens is 1010 g/mol. The van der Waals surface area contributed by atoms with E-state index < -0.39 is 22.4 Å². The quantitative estimate of drug-likeness (QED) is 0.128. The normalized spacial score (nSPS) is 42.5. The monoisotopic (exact) mass is 1130 g/mol. The summed E-state index contributed by atoms with van der Waals surface area (Å²) in [4.78, 5) is 61.8. The van der Waals surface area contributed by atoms with E-state index in [2.05, 4.69) is 74.6 Å². The number of rotatable bonds is 14. The lowest BCUT2D eigenvalue weighted by molar-refractivity contribution is -0.215. The Morgan fingerprint density at radius 2 is 1.01 bits per heavy atom. The van der Waals surface area contributed by atoms with Crippen LogP contribution in [0.5, 0.6) is 0 Å². The van der Waals surface area contributed by atoms with Crippen molar-refractivity contribution in [2.45, 2.75) is 301 Å². The first-order chi connectivity index (χ1) is 37.5. The van der Waals surface area contributed by atoms with Crippen molar-refractivity contribution < 1.29 is 43.3 Å². The summed E-state index contributed by atoms with van der Waals surface area (Å²) >= 11 is 0. The molecule has 0 radical (unpaired) electrons. The van der Waals surface area contributed by atoms with Gasteiger partial charge in [0.1, 0.15) is 17.3 Å². The summed E-state index contributed by atoms with van der Waals surface area (Å²) in [6.07, 6.45) is 28.1. The first-order valence-electron chi connectivity index (χ1n) is 33.8. The minimum atomic E-state index is -0.688. The highest BCUT2D eigenvalue weighted by Gasteiger charge is 2.68. The first-order valence-corrected chi connectivity index (χ1v) is 33.8. The Labute approximate surface area is 492 Å². The lowest BCUT2D eigenvalue weighted by Gasteiger charge is -2.59. The van der Waals surface area contributed by atoms with Crippen LogP contribution >= 0.6 is 0 Å². The third-order valence-electron chi connectivity index (χ3n) is 26.8. The van der Waals surface area contributed by atoms with Crippen LogP contribution in [0, 0.1) is 115 Å². The fourth-order valence-corrected chi connectivity index (χ4v) is 20.9. The van der Waals surface area contributed by atoms with Gasteiger partial charge in [-0.2, -0.15) is 0 Å². The lowest BCUT2D eigenvalue weighted by Crippen LogP contribution is -2.61. The molecule has 460 valence electrons. The molecule has 15 saturated carbocycles. The highest BCUT2D eigenvalue weighted by atomic mass is 16.6. The van der Waals surface area contributed by atoms with Gasteiger partial charge >= 0.3 is 23.9 Å². The van der Waals surface area contributed by atoms with Gasteiger partial charge in [0.25, 0.3) is 0 Å².